The molecule has 3 aromatic heterocycles. The molecule has 1 aromatic carbocycles. The number of halogens is 3. The Balaban J connectivity index is 1.73. The van der Waals surface area contributed by atoms with Crippen LogP contribution >= 0.6 is 0 Å². The summed E-state index contributed by atoms with van der Waals surface area (Å²) in [6.45, 7) is 1.86. The molecule has 4 aromatic rings. The van der Waals surface area contributed by atoms with Gasteiger partial charge in [0.25, 0.3) is 0 Å². The molecule has 0 saturated carbocycles. The molecule has 0 aliphatic heterocycles. The van der Waals surface area contributed by atoms with Crippen LogP contribution in [0.5, 0.6) is 11.5 Å². The van der Waals surface area contributed by atoms with Crippen LogP contribution in [0.25, 0.3) is 28.2 Å². The van der Waals surface area contributed by atoms with Crippen LogP contribution in [0.15, 0.2) is 48.8 Å². The summed E-state index contributed by atoms with van der Waals surface area (Å²) in [5.41, 5.74) is 4.31. The maximum Gasteiger partial charge on any atom is 0.389 e. The number of fused-ring (bicyclic) bond motifs is 1. The Bertz CT molecular complexity index is 1320. The highest BCUT2D eigenvalue weighted by molar-refractivity contribution is 6.02. The number of alkyl halides is 3. The number of pyridine rings is 1. The van der Waals surface area contributed by atoms with Crippen molar-refractivity contribution >= 4 is 11.4 Å². The second kappa shape index (κ2) is 9.12. The Morgan fingerprint density at radius 1 is 1.00 bits per heavy atom. The molecule has 0 bridgehead atoms. The minimum atomic E-state index is -4.43. The monoisotopic (exact) mass is 470 g/mol. The quantitative estimate of drug-likeness (QED) is 0.341. The third-order valence-corrected chi connectivity index (χ3v) is 5.32. The second-order valence-corrected chi connectivity index (χ2v) is 7.64. The number of benzene rings is 1. The third kappa shape index (κ3) is 4.70. The van der Waals surface area contributed by atoms with Gasteiger partial charge in [0.15, 0.2) is 5.78 Å². The first-order valence-corrected chi connectivity index (χ1v) is 10.3. The van der Waals surface area contributed by atoms with Gasteiger partial charge in [-0.2, -0.15) is 23.4 Å². The summed E-state index contributed by atoms with van der Waals surface area (Å²) in [7, 11) is 2.70. The standard InChI is InChI=1S/C24H21F3N4O3/c1-14-4-5-17(30-29-14)15-7-9-31-18(13-28-22(31)12-15)16-10-20(33-2)23(21(11-16)34-3)19(32)6-8-24(25,26)27/h4-5,7,9-13H,6,8H2,1-3H3. The fourth-order valence-electron chi connectivity index (χ4n) is 3.62. The number of aryl methyl sites for hydroxylation is 1. The van der Waals surface area contributed by atoms with Crippen LogP contribution in [-0.2, 0) is 0 Å². The van der Waals surface area contributed by atoms with E-state index < -0.39 is 24.8 Å². The summed E-state index contributed by atoms with van der Waals surface area (Å²) in [4.78, 5) is 17.0. The molecule has 0 aliphatic carbocycles. The van der Waals surface area contributed by atoms with Gasteiger partial charge >= 0.3 is 6.18 Å². The van der Waals surface area contributed by atoms with Crippen LogP contribution in [0.1, 0.15) is 28.9 Å². The van der Waals surface area contributed by atoms with Crippen molar-refractivity contribution in [1.29, 1.82) is 0 Å². The van der Waals surface area contributed by atoms with Gasteiger partial charge in [-0.3, -0.25) is 9.20 Å². The highest BCUT2D eigenvalue weighted by Crippen LogP contribution is 2.37. The van der Waals surface area contributed by atoms with Crippen molar-refractivity contribution in [1.82, 2.24) is 19.6 Å². The number of imidazole rings is 1. The average molecular weight is 470 g/mol. The summed E-state index contributed by atoms with van der Waals surface area (Å²) in [6, 6.07) is 10.7. The molecular formula is C24H21F3N4O3. The number of hydrogen-bond acceptors (Lipinski definition) is 6. The zero-order valence-electron chi connectivity index (χ0n) is 18.7. The lowest BCUT2D eigenvalue weighted by Gasteiger charge is -2.15. The van der Waals surface area contributed by atoms with Crippen molar-refractivity contribution in [2.45, 2.75) is 25.9 Å². The van der Waals surface area contributed by atoms with E-state index in [2.05, 4.69) is 15.2 Å². The van der Waals surface area contributed by atoms with E-state index in [9.17, 15) is 18.0 Å². The second-order valence-electron chi connectivity index (χ2n) is 7.64. The van der Waals surface area contributed by atoms with Crippen molar-refractivity contribution < 1.29 is 27.4 Å². The number of hydrogen-bond donors (Lipinski definition) is 0. The molecule has 4 rings (SSSR count). The molecular weight excluding hydrogens is 449 g/mol. The van der Waals surface area contributed by atoms with Crippen LogP contribution in [-0.4, -0.2) is 45.8 Å². The number of aromatic nitrogens is 4. The Hall–Kier alpha value is -3.95. The van der Waals surface area contributed by atoms with Gasteiger partial charge in [0.2, 0.25) is 0 Å². The van der Waals surface area contributed by atoms with Gasteiger partial charge in [0, 0.05) is 23.7 Å². The van der Waals surface area contributed by atoms with Gasteiger partial charge < -0.3 is 9.47 Å². The van der Waals surface area contributed by atoms with Crippen molar-refractivity contribution in [3.63, 3.8) is 0 Å². The van der Waals surface area contributed by atoms with Crippen LogP contribution in [0.2, 0.25) is 0 Å². The Morgan fingerprint density at radius 2 is 1.71 bits per heavy atom. The zero-order valence-corrected chi connectivity index (χ0v) is 18.7. The molecule has 0 radical (unpaired) electrons. The number of nitrogens with zero attached hydrogens (tertiary/aromatic N) is 4. The van der Waals surface area contributed by atoms with Gasteiger partial charge in [-0.25, -0.2) is 4.98 Å². The first kappa shape index (κ1) is 23.2. The minimum absolute atomic E-state index is 0.0212. The highest BCUT2D eigenvalue weighted by atomic mass is 19.4. The fourth-order valence-corrected chi connectivity index (χ4v) is 3.62. The summed E-state index contributed by atoms with van der Waals surface area (Å²) in [5, 5.41) is 8.28. The maximum atomic E-state index is 12.6. The molecule has 0 amide bonds. The molecule has 0 atom stereocenters. The topological polar surface area (TPSA) is 78.6 Å². The van der Waals surface area contributed by atoms with Crippen molar-refractivity contribution in [2.24, 2.45) is 0 Å². The maximum absolute atomic E-state index is 12.6. The highest BCUT2D eigenvalue weighted by Gasteiger charge is 2.30. The van der Waals surface area contributed by atoms with E-state index in [1.807, 2.05) is 41.8 Å². The lowest BCUT2D eigenvalue weighted by molar-refractivity contribution is -0.133. The molecule has 0 spiro atoms. The molecule has 3 heterocycles. The molecule has 0 N–H and O–H groups in total. The van der Waals surface area contributed by atoms with Gasteiger partial charge in [-0.05, 0) is 43.3 Å². The number of carbonyl (C=O) groups is 1. The normalized spacial score (nSPS) is 11.6. The zero-order chi connectivity index (χ0) is 24.5. The van der Waals surface area contributed by atoms with Crippen LogP contribution < -0.4 is 9.47 Å². The largest absolute Gasteiger partial charge is 0.496 e. The Labute approximate surface area is 193 Å². The van der Waals surface area contributed by atoms with E-state index in [1.165, 1.54) is 14.2 Å². The number of ketones is 1. The molecule has 10 heteroatoms. The summed E-state index contributed by atoms with van der Waals surface area (Å²) >= 11 is 0. The smallest absolute Gasteiger partial charge is 0.389 e. The van der Waals surface area contributed by atoms with Gasteiger partial charge in [-0.15, -0.1) is 0 Å². The molecule has 34 heavy (non-hydrogen) atoms. The van der Waals surface area contributed by atoms with E-state index in [4.69, 9.17) is 9.47 Å². The van der Waals surface area contributed by atoms with Gasteiger partial charge in [-0.1, -0.05) is 0 Å². The molecule has 0 aliphatic rings. The minimum Gasteiger partial charge on any atom is -0.496 e. The average Bonchev–Trinajstić information content (AvgIpc) is 3.25. The van der Waals surface area contributed by atoms with E-state index in [0.29, 0.717) is 22.6 Å². The van der Waals surface area contributed by atoms with Gasteiger partial charge in [0.1, 0.15) is 22.7 Å². The molecule has 0 saturated heterocycles. The molecule has 7 nitrogen and oxygen atoms in total. The lowest BCUT2D eigenvalue weighted by Crippen LogP contribution is -2.12. The van der Waals surface area contributed by atoms with Crippen molar-refractivity contribution in [3.8, 4) is 34.0 Å². The van der Waals surface area contributed by atoms with E-state index in [1.54, 1.807) is 18.3 Å². The molecule has 0 unspecified atom stereocenters. The third-order valence-electron chi connectivity index (χ3n) is 5.32. The number of rotatable bonds is 7. The Morgan fingerprint density at radius 3 is 2.29 bits per heavy atom. The number of Topliss-reactive ketones (excluding diaryl/α,β-unsaturated/α-hetero) is 1. The van der Waals surface area contributed by atoms with Crippen LogP contribution in [0.4, 0.5) is 13.2 Å². The van der Waals surface area contributed by atoms with Crippen LogP contribution in [0.3, 0.4) is 0 Å². The van der Waals surface area contributed by atoms with E-state index in [-0.39, 0.29) is 17.1 Å². The SMILES string of the molecule is COc1cc(-c2cnc3cc(-c4ccc(C)nn4)ccn23)cc(OC)c1C(=O)CCC(F)(F)F. The summed E-state index contributed by atoms with van der Waals surface area (Å²) in [6.07, 6.45) is -2.87. The first-order valence-electron chi connectivity index (χ1n) is 10.3. The number of methoxy groups -OCH3 is 2. The van der Waals surface area contributed by atoms with Gasteiger partial charge in [0.05, 0.1) is 43.9 Å². The predicted molar refractivity (Wildman–Crippen MR) is 119 cm³/mol. The van der Waals surface area contributed by atoms with E-state index in [0.717, 1.165) is 11.3 Å². The molecule has 0 fully saturated rings. The summed E-state index contributed by atoms with van der Waals surface area (Å²) < 4.78 is 50.4. The number of ether oxygens (including phenoxy) is 2. The van der Waals surface area contributed by atoms with Crippen molar-refractivity contribution in [2.75, 3.05) is 14.2 Å². The molecule has 176 valence electrons. The lowest BCUT2D eigenvalue weighted by atomic mass is 10.0. The Kier molecular flexibility index (Phi) is 6.23. The predicted octanol–water partition coefficient (Wildman–Crippen LogP) is 5.31. The number of carbonyl (C=O) groups excluding carboxylic acids is 1. The summed E-state index contributed by atoms with van der Waals surface area (Å²) in [5.74, 6) is -0.453. The fraction of sp³-hybridized carbons (Fsp3) is 0.250. The first-order chi connectivity index (χ1) is 16.2. The van der Waals surface area contributed by atoms with E-state index >= 15 is 0 Å². The van der Waals surface area contributed by atoms with Crippen molar-refractivity contribution in [3.05, 3.63) is 60.0 Å². The van der Waals surface area contributed by atoms with Crippen LogP contribution in [0, 0.1) is 6.92 Å².